The Morgan fingerprint density at radius 2 is 1.96 bits per heavy atom. The first-order valence-corrected chi connectivity index (χ1v) is 9.57. The number of carbonyl (C=O) groups is 2. The number of fused-ring (bicyclic) bond motifs is 2. The van der Waals surface area contributed by atoms with Gasteiger partial charge in [0, 0.05) is 18.3 Å². The van der Waals surface area contributed by atoms with Crippen LogP contribution < -0.4 is 4.90 Å². The largest absolute Gasteiger partial charge is 0.449 e. The van der Waals surface area contributed by atoms with Crippen molar-refractivity contribution in [2.75, 3.05) is 11.4 Å². The third kappa shape index (κ3) is 3.61. The number of nitrogens with zero attached hydrogens (tertiary/aromatic N) is 2. The normalized spacial score (nSPS) is 14.5. The predicted octanol–water partition coefficient (Wildman–Crippen LogP) is 3.83. The van der Waals surface area contributed by atoms with Crippen LogP contribution in [0.3, 0.4) is 0 Å². The molecule has 0 aliphatic carbocycles. The van der Waals surface area contributed by atoms with Gasteiger partial charge in [-0.25, -0.2) is 9.78 Å². The number of hydrogen-bond donors (Lipinski definition) is 0. The summed E-state index contributed by atoms with van der Waals surface area (Å²) in [6.07, 6.45) is 2.91. The molecule has 0 bridgehead atoms. The standard InChI is InChI=1S/C21H18N2O3S/c1-14(21(25)23-13-12-15-6-2-4-8-17(15)23)26-20(24)11-10-19-22-16-7-3-5-9-18(16)27-19/h2-11,14H,12-13H2,1H3/b11-10+. The van der Waals surface area contributed by atoms with Gasteiger partial charge in [-0.05, 0) is 43.2 Å². The first-order valence-electron chi connectivity index (χ1n) is 8.75. The molecule has 2 aromatic carbocycles. The van der Waals surface area contributed by atoms with E-state index in [1.807, 2.05) is 48.5 Å². The van der Waals surface area contributed by atoms with Crippen molar-refractivity contribution in [2.45, 2.75) is 19.4 Å². The zero-order valence-electron chi connectivity index (χ0n) is 14.8. The van der Waals surface area contributed by atoms with E-state index in [2.05, 4.69) is 4.98 Å². The molecule has 0 N–H and O–H groups in total. The van der Waals surface area contributed by atoms with Crippen molar-refractivity contribution >= 4 is 45.2 Å². The highest BCUT2D eigenvalue weighted by Crippen LogP contribution is 2.28. The number of aromatic nitrogens is 1. The molecule has 1 aromatic heterocycles. The third-order valence-corrected chi connectivity index (χ3v) is 5.47. The van der Waals surface area contributed by atoms with E-state index in [9.17, 15) is 9.59 Å². The van der Waals surface area contributed by atoms with Crippen molar-refractivity contribution in [1.82, 2.24) is 4.98 Å². The summed E-state index contributed by atoms with van der Waals surface area (Å²) < 4.78 is 6.35. The zero-order chi connectivity index (χ0) is 18.8. The van der Waals surface area contributed by atoms with Crippen molar-refractivity contribution in [3.05, 3.63) is 65.2 Å². The lowest BCUT2D eigenvalue weighted by Crippen LogP contribution is -2.38. The molecule has 1 atom stereocenters. The monoisotopic (exact) mass is 378 g/mol. The smallest absolute Gasteiger partial charge is 0.331 e. The lowest BCUT2D eigenvalue weighted by atomic mass is 10.2. The van der Waals surface area contributed by atoms with E-state index in [-0.39, 0.29) is 5.91 Å². The molecule has 1 unspecified atom stereocenters. The fraction of sp³-hybridized carbons (Fsp3) is 0.190. The number of hydrogen-bond acceptors (Lipinski definition) is 5. The summed E-state index contributed by atoms with van der Waals surface area (Å²) in [5.41, 5.74) is 2.93. The number of para-hydroxylation sites is 2. The van der Waals surface area contributed by atoms with Gasteiger partial charge >= 0.3 is 5.97 Å². The number of benzene rings is 2. The Morgan fingerprint density at radius 1 is 1.19 bits per heavy atom. The number of rotatable bonds is 4. The Hall–Kier alpha value is -2.99. The number of thiazole rings is 1. The molecule has 27 heavy (non-hydrogen) atoms. The van der Waals surface area contributed by atoms with Crippen molar-refractivity contribution in [3.8, 4) is 0 Å². The summed E-state index contributed by atoms with van der Waals surface area (Å²) >= 11 is 1.50. The van der Waals surface area contributed by atoms with Gasteiger partial charge in [-0.1, -0.05) is 30.3 Å². The molecular formula is C21H18N2O3S. The van der Waals surface area contributed by atoms with E-state index in [1.165, 1.54) is 17.4 Å². The molecule has 4 rings (SSSR count). The summed E-state index contributed by atoms with van der Waals surface area (Å²) in [5, 5.41) is 0.723. The van der Waals surface area contributed by atoms with Crippen LogP contribution >= 0.6 is 11.3 Å². The quantitative estimate of drug-likeness (QED) is 0.511. The van der Waals surface area contributed by atoms with Gasteiger partial charge < -0.3 is 9.64 Å². The summed E-state index contributed by atoms with van der Waals surface area (Å²) in [5.74, 6) is -0.760. The Labute approximate surface area is 160 Å². The van der Waals surface area contributed by atoms with Crippen molar-refractivity contribution in [3.63, 3.8) is 0 Å². The van der Waals surface area contributed by atoms with Gasteiger partial charge in [0.15, 0.2) is 6.10 Å². The first-order chi connectivity index (χ1) is 13.1. The second-order valence-corrected chi connectivity index (χ2v) is 7.36. The highest BCUT2D eigenvalue weighted by Gasteiger charge is 2.29. The maximum Gasteiger partial charge on any atom is 0.331 e. The first kappa shape index (κ1) is 17.4. The Morgan fingerprint density at radius 3 is 2.81 bits per heavy atom. The summed E-state index contributed by atoms with van der Waals surface area (Å²) in [6, 6.07) is 15.6. The predicted molar refractivity (Wildman–Crippen MR) is 107 cm³/mol. The topological polar surface area (TPSA) is 59.5 Å². The van der Waals surface area contributed by atoms with Crippen LogP contribution in [0.15, 0.2) is 54.6 Å². The van der Waals surface area contributed by atoms with Crippen molar-refractivity contribution in [2.24, 2.45) is 0 Å². The van der Waals surface area contributed by atoms with Crippen molar-refractivity contribution in [1.29, 1.82) is 0 Å². The molecule has 1 aliphatic rings. The minimum atomic E-state index is -0.844. The molecule has 3 aromatic rings. The van der Waals surface area contributed by atoms with Crippen LogP contribution in [0.4, 0.5) is 5.69 Å². The number of anilines is 1. The average Bonchev–Trinajstić information content (AvgIpc) is 3.29. The van der Waals surface area contributed by atoms with Gasteiger partial charge in [-0.3, -0.25) is 4.79 Å². The van der Waals surface area contributed by atoms with Gasteiger partial charge in [-0.2, -0.15) is 0 Å². The van der Waals surface area contributed by atoms with E-state index in [4.69, 9.17) is 4.74 Å². The Kier molecular flexibility index (Phi) is 4.73. The molecule has 0 saturated heterocycles. The van der Waals surface area contributed by atoms with E-state index < -0.39 is 12.1 Å². The maximum absolute atomic E-state index is 12.6. The molecule has 0 spiro atoms. The Balaban J connectivity index is 1.39. The SMILES string of the molecule is CC(OC(=O)/C=C/c1nc2ccccc2s1)C(=O)N1CCc2ccccc21. The fourth-order valence-electron chi connectivity index (χ4n) is 3.15. The summed E-state index contributed by atoms with van der Waals surface area (Å²) in [4.78, 5) is 30.9. The van der Waals surface area contributed by atoms with E-state index in [1.54, 1.807) is 17.9 Å². The van der Waals surface area contributed by atoms with E-state index in [0.29, 0.717) is 6.54 Å². The van der Waals surface area contributed by atoms with Crippen LogP contribution in [0.5, 0.6) is 0 Å². The van der Waals surface area contributed by atoms with E-state index >= 15 is 0 Å². The molecule has 0 fully saturated rings. The molecule has 1 amide bonds. The highest BCUT2D eigenvalue weighted by atomic mass is 32.1. The number of ether oxygens (including phenoxy) is 1. The third-order valence-electron chi connectivity index (χ3n) is 4.47. The molecule has 5 nitrogen and oxygen atoms in total. The summed E-state index contributed by atoms with van der Waals surface area (Å²) in [7, 11) is 0. The van der Waals surface area contributed by atoms with Gasteiger partial charge in [0.25, 0.3) is 5.91 Å². The van der Waals surface area contributed by atoms with Gasteiger partial charge in [0.05, 0.1) is 10.2 Å². The van der Waals surface area contributed by atoms with Gasteiger partial charge in [0.1, 0.15) is 5.01 Å². The number of carbonyl (C=O) groups excluding carboxylic acids is 2. The average molecular weight is 378 g/mol. The number of amides is 1. The molecule has 0 radical (unpaired) electrons. The highest BCUT2D eigenvalue weighted by molar-refractivity contribution is 7.19. The maximum atomic E-state index is 12.6. The zero-order valence-corrected chi connectivity index (χ0v) is 15.6. The number of esters is 1. The molecule has 136 valence electrons. The van der Waals surface area contributed by atoms with Crippen molar-refractivity contribution < 1.29 is 14.3 Å². The molecule has 2 heterocycles. The van der Waals surface area contributed by atoms with Crippen LogP contribution in [0, 0.1) is 0 Å². The van der Waals surface area contributed by atoms with E-state index in [0.717, 1.165) is 32.9 Å². The lowest BCUT2D eigenvalue weighted by molar-refractivity contribution is -0.149. The van der Waals surface area contributed by atoms with Crippen LogP contribution in [0.25, 0.3) is 16.3 Å². The second kappa shape index (κ2) is 7.32. The van der Waals surface area contributed by atoms with Crippen LogP contribution in [0.1, 0.15) is 17.5 Å². The summed E-state index contributed by atoms with van der Waals surface area (Å²) in [6.45, 7) is 2.22. The fourth-order valence-corrected chi connectivity index (χ4v) is 4.02. The molecule has 1 aliphatic heterocycles. The molecule has 6 heteroatoms. The van der Waals surface area contributed by atoms with Crippen LogP contribution in [-0.2, 0) is 20.7 Å². The van der Waals surface area contributed by atoms with Gasteiger partial charge in [0.2, 0.25) is 0 Å². The van der Waals surface area contributed by atoms with Crippen LogP contribution in [0.2, 0.25) is 0 Å². The molecule has 0 saturated carbocycles. The van der Waals surface area contributed by atoms with Crippen LogP contribution in [-0.4, -0.2) is 29.5 Å². The Bertz CT molecular complexity index is 1010. The molecular weight excluding hydrogens is 360 g/mol. The minimum Gasteiger partial charge on any atom is -0.449 e. The lowest BCUT2D eigenvalue weighted by Gasteiger charge is -2.21. The van der Waals surface area contributed by atoms with Gasteiger partial charge in [-0.15, -0.1) is 11.3 Å². The minimum absolute atomic E-state index is 0.207. The second-order valence-electron chi connectivity index (χ2n) is 6.30.